The third-order valence-electron chi connectivity index (χ3n) is 2.67. The Labute approximate surface area is 109 Å². The maximum absolute atomic E-state index is 11.0. The van der Waals surface area contributed by atoms with Gasteiger partial charge in [-0.15, -0.1) is 0 Å². The molecule has 0 spiro atoms. The monoisotopic (exact) mass is 331 g/mol. The predicted octanol–water partition coefficient (Wildman–Crippen LogP) is 2.29. The van der Waals surface area contributed by atoms with Crippen molar-refractivity contribution in [3.63, 3.8) is 0 Å². The summed E-state index contributed by atoms with van der Waals surface area (Å²) in [7, 11) is 0. The molecule has 16 heavy (non-hydrogen) atoms. The molecule has 1 unspecified atom stereocenters. The number of aldehydes is 1. The second-order valence-electron chi connectivity index (χ2n) is 3.84. The van der Waals surface area contributed by atoms with E-state index in [-0.39, 0.29) is 0 Å². The minimum atomic E-state index is -0.430. The average Bonchev–Trinajstić information content (AvgIpc) is 2.79. The van der Waals surface area contributed by atoms with Gasteiger partial charge >= 0.3 is 0 Å². The zero-order valence-corrected chi connectivity index (χ0v) is 11.1. The Bertz CT molecular complexity index is 364. The standard InChI is InChI=1S/C12H14INO2/c13-10-4-3-5-11(8-10)16-12(9-15)14-6-1-2-7-14/h3-5,8-9,12H,1-2,6-7H2. The SMILES string of the molecule is O=CC(Oc1cccc(I)c1)N1CCCC1. The molecule has 0 aromatic heterocycles. The van der Waals surface area contributed by atoms with E-state index in [1.807, 2.05) is 24.3 Å². The molecule has 1 heterocycles. The lowest BCUT2D eigenvalue weighted by atomic mass is 10.3. The van der Waals surface area contributed by atoms with E-state index in [0.717, 1.165) is 41.5 Å². The van der Waals surface area contributed by atoms with Crippen LogP contribution in [-0.4, -0.2) is 30.5 Å². The Hall–Kier alpha value is -0.620. The molecule has 0 aliphatic carbocycles. The fraction of sp³-hybridized carbons (Fsp3) is 0.417. The summed E-state index contributed by atoms with van der Waals surface area (Å²) in [5, 5.41) is 0. The maximum atomic E-state index is 11.0. The van der Waals surface area contributed by atoms with E-state index in [4.69, 9.17) is 4.74 Å². The first-order valence-electron chi connectivity index (χ1n) is 5.41. The molecule has 3 nitrogen and oxygen atoms in total. The first-order valence-corrected chi connectivity index (χ1v) is 6.49. The van der Waals surface area contributed by atoms with E-state index < -0.39 is 6.23 Å². The summed E-state index contributed by atoms with van der Waals surface area (Å²) < 4.78 is 6.79. The van der Waals surface area contributed by atoms with Gasteiger partial charge in [0, 0.05) is 16.7 Å². The molecule has 1 saturated heterocycles. The van der Waals surface area contributed by atoms with Crippen LogP contribution in [0.5, 0.6) is 5.75 Å². The second kappa shape index (κ2) is 5.63. The van der Waals surface area contributed by atoms with E-state index in [2.05, 4.69) is 27.5 Å². The number of nitrogens with zero attached hydrogens (tertiary/aromatic N) is 1. The minimum absolute atomic E-state index is 0.430. The summed E-state index contributed by atoms with van der Waals surface area (Å²) in [4.78, 5) is 13.1. The lowest BCUT2D eigenvalue weighted by Gasteiger charge is -2.23. The molecule has 1 aromatic carbocycles. The number of ether oxygens (including phenoxy) is 1. The molecular weight excluding hydrogens is 317 g/mol. The van der Waals surface area contributed by atoms with Crippen LogP contribution in [0.2, 0.25) is 0 Å². The molecular formula is C12H14INO2. The fourth-order valence-corrected chi connectivity index (χ4v) is 2.38. The van der Waals surface area contributed by atoms with Gasteiger partial charge < -0.3 is 4.74 Å². The molecule has 0 saturated carbocycles. The summed E-state index contributed by atoms with van der Waals surface area (Å²) in [5.41, 5.74) is 0. The average molecular weight is 331 g/mol. The molecule has 0 amide bonds. The van der Waals surface area contributed by atoms with Gasteiger partial charge in [-0.05, 0) is 53.6 Å². The highest BCUT2D eigenvalue weighted by atomic mass is 127. The lowest BCUT2D eigenvalue weighted by molar-refractivity contribution is -0.120. The van der Waals surface area contributed by atoms with E-state index >= 15 is 0 Å². The zero-order chi connectivity index (χ0) is 11.4. The van der Waals surface area contributed by atoms with Crippen LogP contribution in [0.3, 0.4) is 0 Å². The number of carbonyl (C=O) groups excluding carboxylic acids is 1. The van der Waals surface area contributed by atoms with Crippen molar-refractivity contribution < 1.29 is 9.53 Å². The fourth-order valence-electron chi connectivity index (χ4n) is 1.86. The molecule has 1 fully saturated rings. The Morgan fingerprint density at radius 3 is 2.75 bits per heavy atom. The van der Waals surface area contributed by atoms with Crippen molar-refractivity contribution in [1.29, 1.82) is 0 Å². The summed E-state index contributed by atoms with van der Waals surface area (Å²) in [5.74, 6) is 0.760. The van der Waals surface area contributed by atoms with Crippen LogP contribution in [0.15, 0.2) is 24.3 Å². The Kier molecular flexibility index (Phi) is 4.17. The zero-order valence-electron chi connectivity index (χ0n) is 8.93. The highest BCUT2D eigenvalue weighted by Crippen LogP contribution is 2.18. The van der Waals surface area contributed by atoms with Gasteiger partial charge in [0.15, 0.2) is 6.29 Å². The van der Waals surface area contributed by atoms with Gasteiger partial charge in [0.1, 0.15) is 5.75 Å². The summed E-state index contributed by atoms with van der Waals surface area (Å²) >= 11 is 2.23. The van der Waals surface area contributed by atoms with Crippen LogP contribution in [0.4, 0.5) is 0 Å². The second-order valence-corrected chi connectivity index (χ2v) is 5.09. The number of likely N-dealkylation sites (tertiary alicyclic amines) is 1. The third kappa shape index (κ3) is 2.95. The molecule has 1 aliphatic rings. The minimum Gasteiger partial charge on any atom is -0.468 e. The van der Waals surface area contributed by atoms with Crippen LogP contribution in [0.1, 0.15) is 12.8 Å². The Morgan fingerprint density at radius 1 is 1.38 bits per heavy atom. The molecule has 0 bridgehead atoms. The number of rotatable bonds is 4. The van der Waals surface area contributed by atoms with Gasteiger partial charge in [0.2, 0.25) is 6.23 Å². The van der Waals surface area contributed by atoms with Crippen LogP contribution >= 0.6 is 22.6 Å². The molecule has 86 valence electrons. The van der Waals surface area contributed by atoms with E-state index in [9.17, 15) is 4.79 Å². The van der Waals surface area contributed by atoms with Crippen LogP contribution in [0.25, 0.3) is 0 Å². The third-order valence-corrected chi connectivity index (χ3v) is 3.34. The normalized spacial score (nSPS) is 18.3. The van der Waals surface area contributed by atoms with Gasteiger partial charge in [-0.3, -0.25) is 9.69 Å². The van der Waals surface area contributed by atoms with Crippen molar-refractivity contribution in [1.82, 2.24) is 4.90 Å². The first-order chi connectivity index (χ1) is 7.79. The number of carbonyl (C=O) groups is 1. The number of halogens is 1. The molecule has 4 heteroatoms. The maximum Gasteiger partial charge on any atom is 0.209 e. The first kappa shape index (κ1) is 11.9. The van der Waals surface area contributed by atoms with Crippen LogP contribution in [-0.2, 0) is 4.79 Å². The van der Waals surface area contributed by atoms with E-state index in [1.54, 1.807) is 0 Å². The molecule has 2 rings (SSSR count). The number of hydrogen-bond acceptors (Lipinski definition) is 3. The smallest absolute Gasteiger partial charge is 0.209 e. The van der Waals surface area contributed by atoms with Gasteiger partial charge in [-0.2, -0.15) is 0 Å². The van der Waals surface area contributed by atoms with Crippen molar-refractivity contribution in [2.24, 2.45) is 0 Å². The summed E-state index contributed by atoms with van der Waals surface area (Å²) in [6.45, 7) is 1.90. The Balaban J connectivity index is 2.03. The van der Waals surface area contributed by atoms with Crippen molar-refractivity contribution in [3.8, 4) is 5.75 Å². The highest BCUT2D eigenvalue weighted by Gasteiger charge is 2.22. The molecule has 0 radical (unpaired) electrons. The predicted molar refractivity (Wildman–Crippen MR) is 70.4 cm³/mol. The van der Waals surface area contributed by atoms with Crippen molar-refractivity contribution in [3.05, 3.63) is 27.8 Å². The van der Waals surface area contributed by atoms with Gasteiger partial charge in [-0.1, -0.05) is 6.07 Å². The Morgan fingerprint density at radius 2 is 2.12 bits per heavy atom. The van der Waals surface area contributed by atoms with Crippen LogP contribution < -0.4 is 4.74 Å². The van der Waals surface area contributed by atoms with Crippen molar-refractivity contribution >= 4 is 28.9 Å². The van der Waals surface area contributed by atoms with Crippen molar-refractivity contribution in [2.75, 3.05) is 13.1 Å². The highest BCUT2D eigenvalue weighted by molar-refractivity contribution is 14.1. The largest absolute Gasteiger partial charge is 0.468 e. The van der Waals surface area contributed by atoms with Gasteiger partial charge in [0.05, 0.1) is 0 Å². The molecule has 0 N–H and O–H groups in total. The quantitative estimate of drug-likeness (QED) is 0.626. The van der Waals surface area contributed by atoms with Gasteiger partial charge in [-0.25, -0.2) is 0 Å². The summed E-state index contributed by atoms with van der Waals surface area (Å²) in [6, 6.07) is 7.75. The number of benzene rings is 1. The van der Waals surface area contributed by atoms with Crippen LogP contribution in [0, 0.1) is 3.57 Å². The van der Waals surface area contributed by atoms with E-state index in [1.165, 1.54) is 0 Å². The number of hydrogen-bond donors (Lipinski definition) is 0. The van der Waals surface area contributed by atoms with E-state index in [0.29, 0.717) is 0 Å². The van der Waals surface area contributed by atoms with Crippen molar-refractivity contribution in [2.45, 2.75) is 19.1 Å². The molecule has 1 aliphatic heterocycles. The molecule has 1 atom stereocenters. The summed E-state index contributed by atoms with van der Waals surface area (Å²) in [6.07, 6.45) is 2.76. The van der Waals surface area contributed by atoms with Gasteiger partial charge in [0.25, 0.3) is 0 Å². The lowest BCUT2D eigenvalue weighted by Crippen LogP contribution is -2.38. The molecule has 1 aromatic rings. The topological polar surface area (TPSA) is 29.5 Å².